The summed E-state index contributed by atoms with van der Waals surface area (Å²) in [5, 5.41) is 3.56. The quantitative estimate of drug-likeness (QED) is 0.782. The molecule has 1 aliphatic heterocycles. The number of halogens is 2. The number of hydrogen-bond donors (Lipinski definition) is 2. The third-order valence-corrected chi connectivity index (χ3v) is 5.90. The second kappa shape index (κ2) is 8.91. The number of fused-ring (bicyclic) bond motifs is 1. The SMILES string of the molecule is Cl.Cl.NC1=N[C@@]2(c3cccc(NC(=O)c4cnccn4)c3)CCCC2CS1. The number of aliphatic imine (C=N–C) groups is 1. The van der Waals surface area contributed by atoms with Crippen molar-refractivity contribution in [3.8, 4) is 0 Å². The van der Waals surface area contributed by atoms with Crippen molar-refractivity contribution in [1.82, 2.24) is 9.97 Å². The molecule has 6 nitrogen and oxygen atoms in total. The number of anilines is 1. The van der Waals surface area contributed by atoms with Gasteiger partial charge in [0.2, 0.25) is 0 Å². The van der Waals surface area contributed by atoms with Crippen molar-refractivity contribution in [2.24, 2.45) is 16.6 Å². The number of thioether (sulfide) groups is 1. The van der Waals surface area contributed by atoms with Crippen molar-refractivity contribution < 1.29 is 4.79 Å². The maximum absolute atomic E-state index is 12.3. The summed E-state index contributed by atoms with van der Waals surface area (Å²) >= 11 is 1.64. The molecule has 0 saturated heterocycles. The van der Waals surface area contributed by atoms with E-state index in [2.05, 4.69) is 21.4 Å². The van der Waals surface area contributed by atoms with Gasteiger partial charge in [-0.3, -0.25) is 14.8 Å². The molecule has 1 aromatic heterocycles. The lowest BCUT2D eigenvalue weighted by Gasteiger charge is -2.36. The monoisotopic (exact) mass is 425 g/mol. The van der Waals surface area contributed by atoms with E-state index in [1.807, 2.05) is 18.2 Å². The molecule has 2 atom stereocenters. The minimum Gasteiger partial charge on any atom is -0.379 e. The molecule has 1 aromatic carbocycles. The predicted octanol–water partition coefficient (Wildman–Crippen LogP) is 3.63. The minimum absolute atomic E-state index is 0. The Labute approximate surface area is 174 Å². The molecule has 1 amide bonds. The summed E-state index contributed by atoms with van der Waals surface area (Å²) in [6.07, 6.45) is 7.82. The molecule has 0 radical (unpaired) electrons. The molecule has 1 aliphatic carbocycles. The van der Waals surface area contributed by atoms with Gasteiger partial charge in [0, 0.05) is 23.8 Å². The Kier molecular flexibility index (Phi) is 7.08. The number of hydrogen-bond acceptors (Lipinski definition) is 6. The molecule has 1 fully saturated rings. The molecule has 0 spiro atoms. The van der Waals surface area contributed by atoms with Crippen LogP contribution in [-0.4, -0.2) is 26.8 Å². The molecule has 2 heterocycles. The minimum atomic E-state index is -0.270. The number of rotatable bonds is 3. The molecule has 1 saturated carbocycles. The summed E-state index contributed by atoms with van der Waals surface area (Å²) in [6.45, 7) is 0. The van der Waals surface area contributed by atoms with E-state index < -0.39 is 0 Å². The molecular formula is C18H21Cl2N5OS. The molecule has 3 N–H and O–H groups in total. The van der Waals surface area contributed by atoms with E-state index >= 15 is 0 Å². The number of carbonyl (C=O) groups excluding carboxylic acids is 1. The van der Waals surface area contributed by atoms with E-state index in [0.29, 0.717) is 16.8 Å². The highest BCUT2D eigenvalue weighted by Crippen LogP contribution is 2.50. The number of benzene rings is 1. The van der Waals surface area contributed by atoms with E-state index in [0.717, 1.165) is 29.8 Å². The lowest BCUT2D eigenvalue weighted by Crippen LogP contribution is -2.36. The van der Waals surface area contributed by atoms with Crippen LogP contribution in [0.15, 0.2) is 47.8 Å². The largest absolute Gasteiger partial charge is 0.379 e. The third kappa shape index (κ3) is 4.20. The van der Waals surface area contributed by atoms with Gasteiger partial charge in [0.05, 0.1) is 11.7 Å². The number of nitrogens with two attached hydrogens (primary N) is 1. The molecule has 1 unspecified atom stereocenters. The smallest absolute Gasteiger partial charge is 0.275 e. The van der Waals surface area contributed by atoms with Gasteiger partial charge in [-0.05, 0) is 36.5 Å². The normalized spacial score (nSPS) is 23.3. The van der Waals surface area contributed by atoms with Crippen molar-refractivity contribution >= 4 is 53.3 Å². The first-order chi connectivity index (χ1) is 12.2. The summed E-state index contributed by atoms with van der Waals surface area (Å²) in [7, 11) is 0. The van der Waals surface area contributed by atoms with E-state index in [-0.39, 0.29) is 36.3 Å². The van der Waals surface area contributed by atoms with E-state index in [1.165, 1.54) is 18.8 Å². The fourth-order valence-electron chi connectivity index (χ4n) is 3.77. The fraction of sp³-hybridized carbons (Fsp3) is 0.333. The van der Waals surface area contributed by atoms with Crippen LogP contribution in [0.3, 0.4) is 0 Å². The summed E-state index contributed by atoms with van der Waals surface area (Å²) in [5.74, 6) is 1.23. The number of nitrogens with zero attached hydrogens (tertiary/aromatic N) is 3. The third-order valence-electron chi connectivity index (χ3n) is 4.94. The molecule has 144 valence electrons. The van der Waals surface area contributed by atoms with Crippen LogP contribution in [0, 0.1) is 5.92 Å². The highest BCUT2D eigenvalue weighted by atomic mass is 35.5. The Morgan fingerprint density at radius 1 is 1.30 bits per heavy atom. The molecule has 2 aromatic rings. The Balaban J connectivity index is 0.00000131. The number of aromatic nitrogens is 2. The van der Waals surface area contributed by atoms with Crippen molar-refractivity contribution in [2.45, 2.75) is 24.8 Å². The number of carbonyl (C=O) groups is 1. The van der Waals surface area contributed by atoms with Crippen LogP contribution in [0.2, 0.25) is 0 Å². The Morgan fingerprint density at radius 2 is 2.15 bits per heavy atom. The standard InChI is InChI=1S/C18H19N5OS.2ClH/c19-17-23-18(6-2-4-13(18)11-25-17)12-3-1-5-14(9-12)22-16(24)15-10-20-7-8-21-15;;/h1,3,5,7-10,13H,2,4,6,11H2,(H2,19,23)(H,22,24);2*1H/t13?,18-;;/m1../s1. The van der Waals surface area contributed by atoms with Crippen molar-refractivity contribution in [3.63, 3.8) is 0 Å². The van der Waals surface area contributed by atoms with Crippen LogP contribution >= 0.6 is 36.6 Å². The first-order valence-corrected chi connectivity index (χ1v) is 9.32. The predicted molar refractivity (Wildman–Crippen MR) is 114 cm³/mol. The molecule has 27 heavy (non-hydrogen) atoms. The maximum atomic E-state index is 12.3. The van der Waals surface area contributed by atoms with Gasteiger partial charge < -0.3 is 11.1 Å². The summed E-state index contributed by atoms with van der Waals surface area (Å²) in [6, 6.07) is 7.94. The van der Waals surface area contributed by atoms with Crippen molar-refractivity contribution in [3.05, 3.63) is 54.1 Å². The lowest BCUT2D eigenvalue weighted by molar-refractivity contribution is 0.102. The lowest BCUT2D eigenvalue weighted by atomic mass is 9.81. The fourth-order valence-corrected chi connectivity index (χ4v) is 4.81. The van der Waals surface area contributed by atoms with Crippen LogP contribution in [0.25, 0.3) is 0 Å². The van der Waals surface area contributed by atoms with Crippen molar-refractivity contribution in [2.75, 3.05) is 11.1 Å². The Morgan fingerprint density at radius 3 is 2.93 bits per heavy atom. The average molecular weight is 426 g/mol. The van der Waals surface area contributed by atoms with Crippen molar-refractivity contribution in [1.29, 1.82) is 0 Å². The van der Waals surface area contributed by atoms with Crippen LogP contribution < -0.4 is 11.1 Å². The number of amidine groups is 1. The van der Waals surface area contributed by atoms with Gasteiger partial charge in [-0.1, -0.05) is 30.3 Å². The van der Waals surface area contributed by atoms with Crippen LogP contribution in [-0.2, 0) is 5.54 Å². The van der Waals surface area contributed by atoms with E-state index in [9.17, 15) is 4.79 Å². The van der Waals surface area contributed by atoms with Gasteiger partial charge in [-0.2, -0.15) is 0 Å². The van der Waals surface area contributed by atoms with E-state index in [1.54, 1.807) is 18.0 Å². The molecular weight excluding hydrogens is 405 g/mol. The van der Waals surface area contributed by atoms with Gasteiger partial charge in [0.1, 0.15) is 5.69 Å². The Hall–Kier alpha value is -1.83. The first kappa shape index (κ1) is 21.5. The molecule has 0 bridgehead atoms. The topological polar surface area (TPSA) is 93.3 Å². The summed E-state index contributed by atoms with van der Waals surface area (Å²) in [5.41, 5.74) is 7.94. The maximum Gasteiger partial charge on any atom is 0.275 e. The Bertz CT molecular complexity index is 836. The molecule has 9 heteroatoms. The highest BCUT2D eigenvalue weighted by molar-refractivity contribution is 8.13. The van der Waals surface area contributed by atoms with Crippen LogP contribution in [0.4, 0.5) is 5.69 Å². The molecule has 4 rings (SSSR count). The number of amides is 1. The van der Waals surface area contributed by atoms with Gasteiger partial charge in [-0.15, -0.1) is 24.8 Å². The summed E-state index contributed by atoms with van der Waals surface area (Å²) < 4.78 is 0. The zero-order chi connectivity index (χ0) is 17.3. The van der Waals surface area contributed by atoms with Gasteiger partial charge in [-0.25, -0.2) is 4.98 Å². The second-order valence-corrected chi connectivity index (χ2v) is 7.44. The average Bonchev–Trinajstić information content (AvgIpc) is 3.07. The first-order valence-electron chi connectivity index (χ1n) is 8.33. The zero-order valence-corrected chi connectivity index (χ0v) is 16.9. The van der Waals surface area contributed by atoms with Crippen LogP contribution in [0.5, 0.6) is 0 Å². The highest BCUT2D eigenvalue weighted by Gasteiger charge is 2.46. The molecule has 2 aliphatic rings. The number of nitrogens with one attached hydrogen (secondary N) is 1. The van der Waals surface area contributed by atoms with Gasteiger partial charge >= 0.3 is 0 Å². The summed E-state index contributed by atoms with van der Waals surface area (Å²) in [4.78, 5) is 25.1. The zero-order valence-electron chi connectivity index (χ0n) is 14.5. The second-order valence-electron chi connectivity index (χ2n) is 6.40. The van der Waals surface area contributed by atoms with Gasteiger partial charge in [0.15, 0.2) is 5.17 Å². The van der Waals surface area contributed by atoms with Gasteiger partial charge in [0.25, 0.3) is 5.91 Å². The van der Waals surface area contributed by atoms with E-state index in [4.69, 9.17) is 10.7 Å². The van der Waals surface area contributed by atoms with Crippen LogP contribution in [0.1, 0.15) is 35.3 Å².